The Morgan fingerprint density at radius 1 is 1.75 bits per heavy atom. The van der Waals surface area contributed by atoms with Gasteiger partial charge in [-0.1, -0.05) is 0 Å². The summed E-state index contributed by atoms with van der Waals surface area (Å²) in [5.74, 6) is -0.00874. The fraction of sp³-hybridized carbons (Fsp3) is 0.545. The number of aromatic nitrogens is 2. The van der Waals surface area contributed by atoms with Crippen LogP contribution in [0.15, 0.2) is 17.1 Å². The smallest absolute Gasteiger partial charge is 0.352 e. The number of anilines is 1. The van der Waals surface area contributed by atoms with Crippen LogP contribution in [0, 0.1) is 11.3 Å². The largest absolute Gasteiger partial charge is 0.394 e. The van der Waals surface area contributed by atoms with E-state index in [2.05, 4.69) is 4.98 Å². The molecule has 0 amide bonds. The lowest BCUT2D eigenvalue weighted by atomic mass is 10.0. The number of methoxy groups -OCH3 is 1. The summed E-state index contributed by atoms with van der Waals surface area (Å²) in [6.07, 6.45) is -2.25. The maximum Gasteiger partial charge on any atom is 0.352 e. The molecule has 0 spiro atoms. The zero-order chi connectivity index (χ0) is 14.9. The van der Waals surface area contributed by atoms with Crippen LogP contribution >= 0.6 is 0 Å². The molecule has 0 radical (unpaired) electrons. The molecule has 20 heavy (non-hydrogen) atoms. The van der Waals surface area contributed by atoms with Crippen molar-refractivity contribution in [2.75, 3.05) is 19.5 Å². The van der Waals surface area contributed by atoms with Gasteiger partial charge in [-0.3, -0.25) is 4.57 Å². The number of aliphatic hydroxyl groups is 2. The zero-order valence-corrected chi connectivity index (χ0v) is 10.6. The van der Waals surface area contributed by atoms with E-state index in [-0.39, 0.29) is 5.82 Å². The number of ether oxygens (including phenoxy) is 2. The Hall–Kier alpha value is -1.99. The third-order valence-corrected chi connectivity index (χ3v) is 3.18. The maximum absolute atomic E-state index is 11.9. The molecule has 4 N–H and O–H groups in total. The van der Waals surface area contributed by atoms with Crippen molar-refractivity contribution >= 4 is 5.82 Å². The molecule has 1 fully saturated rings. The molecule has 0 aliphatic carbocycles. The first-order valence-electron chi connectivity index (χ1n) is 5.76. The second-order valence-corrected chi connectivity index (χ2v) is 4.30. The molecule has 1 unspecified atom stereocenters. The molecular formula is C11H14N4O5. The van der Waals surface area contributed by atoms with E-state index in [9.17, 15) is 15.2 Å². The van der Waals surface area contributed by atoms with E-state index in [0.29, 0.717) is 0 Å². The molecule has 2 heterocycles. The molecule has 0 saturated carbocycles. The third kappa shape index (κ3) is 1.95. The highest BCUT2D eigenvalue weighted by molar-refractivity contribution is 5.25. The van der Waals surface area contributed by atoms with Crippen molar-refractivity contribution in [2.24, 2.45) is 0 Å². The van der Waals surface area contributed by atoms with E-state index in [0.717, 1.165) is 4.57 Å². The van der Waals surface area contributed by atoms with Crippen LogP contribution in [0.25, 0.3) is 0 Å². The number of nitrogens with zero attached hydrogens (tertiary/aromatic N) is 3. The van der Waals surface area contributed by atoms with Crippen LogP contribution in [-0.2, 0) is 15.2 Å². The van der Waals surface area contributed by atoms with Gasteiger partial charge in [0.1, 0.15) is 30.2 Å². The number of nitrogens with two attached hydrogens (primary N) is 1. The lowest BCUT2D eigenvalue weighted by molar-refractivity contribution is -0.117. The van der Waals surface area contributed by atoms with Crippen LogP contribution in [0.1, 0.15) is 0 Å². The molecule has 4 atom stereocenters. The number of hydrogen-bond donors (Lipinski definition) is 3. The minimum Gasteiger partial charge on any atom is -0.394 e. The van der Waals surface area contributed by atoms with E-state index in [1.807, 2.05) is 6.07 Å². The first kappa shape index (κ1) is 14.4. The monoisotopic (exact) mass is 282 g/mol. The fourth-order valence-electron chi connectivity index (χ4n) is 2.25. The fourth-order valence-corrected chi connectivity index (χ4v) is 2.25. The Bertz CT molecular complexity index is 597. The van der Waals surface area contributed by atoms with Crippen molar-refractivity contribution in [3.05, 3.63) is 22.7 Å². The summed E-state index contributed by atoms with van der Waals surface area (Å²) in [5, 5.41) is 28.6. The number of aliphatic hydroxyl groups excluding tert-OH is 2. The molecule has 1 aromatic heterocycles. The van der Waals surface area contributed by atoms with Gasteiger partial charge in [-0.05, 0) is 6.07 Å². The van der Waals surface area contributed by atoms with Crippen LogP contribution in [0.2, 0.25) is 0 Å². The maximum atomic E-state index is 11.9. The molecule has 9 nitrogen and oxygen atoms in total. The van der Waals surface area contributed by atoms with Gasteiger partial charge in [0, 0.05) is 13.3 Å². The van der Waals surface area contributed by atoms with Gasteiger partial charge in [-0.25, -0.2) is 4.79 Å². The van der Waals surface area contributed by atoms with Gasteiger partial charge in [0.25, 0.3) is 5.72 Å². The Balaban J connectivity index is 2.59. The molecule has 1 aliphatic heterocycles. The molecular weight excluding hydrogens is 268 g/mol. The first-order valence-corrected chi connectivity index (χ1v) is 5.76. The molecule has 1 aromatic rings. The second-order valence-electron chi connectivity index (χ2n) is 4.30. The summed E-state index contributed by atoms with van der Waals surface area (Å²) >= 11 is 0. The first-order chi connectivity index (χ1) is 9.50. The molecule has 0 aromatic carbocycles. The Labute approximate surface area is 113 Å². The van der Waals surface area contributed by atoms with Gasteiger partial charge >= 0.3 is 5.69 Å². The summed E-state index contributed by atoms with van der Waals surface area (Å²) in [4.78, 5) is 15.4. The lowest BCUT2D eigenvalue weighted by Gasteiger charge is -2.28. The minimum atomic E-state index is -1.92. The van der Waals surface area contributed by atoms with Crippen molar-refractivity contribution in [2.45, 2.75) is 24.0 Å². The number of nitriles is 1. The number of nitrogen functional groups attached to an aromatic ring is 1. The van der Waals surface area contributed by atoms with Crippen LogP contribution in [-0.4, -0.2) is 51.8 Å². The van der Waals surface area contributed by atoms with Gasteiger partial charge in [-0.15, -0.1) is 0 Å². The van der Waals surface area contributed by atoms with E-state index in [4.69, 9.17) is 20.3 Å². The molecule has 9 heteroatoms. The summed E-state index contributed by atoms with van der Waals surface area (Å²) < 4.78 is 11.3. The average Bonchev–Trinajstić information content (AvgIpc) is 2.71. The van der Waals surface area contributed by atoms with Gasteiger partial charge in [0.05, 0.1) is 6.61 Å². The molecule has 108 valence electrons. The third-order valence-electron chi connectivity index (χ3n) is 3.18. The summed E-state index contributed by atoms with van der Waals surface area (Å²) in [5.41, 5.74) is 2.65. The number of rotatable bonds is 3. The average molecular weight is 282 g/mol. The molecule has 1 saturated heterocycles. The summed E-state index contributed by atoms with van der Waals surface area (Å²) in [6.45, 7) is -0.526. The van der Waals surface area contributed by atoms with Crippen LogP contribution in [0.5, 0.6) is 0 Å². The molecule has 0 bridgehead atoms. The SMILES string of the molecule is CO[C@@H]1[C@H](O)C(CO)O[C@@]1(C#N)n1ccc(N)nc1=O. The standard InChI is InChI=1S/C11H14N4O5/c1-19-9-8(17)6(4-16)20-11(9,5-12)15-3-2-7(13)14-10(15)18/h2-3,6,8-9,16-17H,4H2,1H3,(H2,13,14,18)/t6?,8-,9-,11-/m1/s1. The Morgan fingerprint density at radius 2 is 2.45 bits per heavy atom. The van der Waals surface area contributed by atoms with E-state index >= 15 is 0 Å². The highest BCUT2D eigenvalue weighted by Crippen LogP contribution is 2.36. The van der Waals surface area contributed by atoms with Crippen LogP contribution in [0.4, 0.5) is 5.82 Å². The van der Waals surface area contributed by atoms with Gasteiger partial charge in [0.2, 0.25) is 0 Å². The Kier molecular flexibility index (Phi) is 3.74. The molecule has 1 aliphatic rings. The van der Waals surface area contributed by atoms with Crippen molar-refractivity contribution < 1.29 is 19.7 Å². The lowest BCUT2D eigenvalue weighted by Crippen LogP contribution is -2.50. The van der Waals surface area contributed by atoms with E-state index in [1.165, 1.54) is 19.4 Å². The van der Waals surface area contributed by atoms with Gasteiger partial charge < -0.3 is 25.4 Å². The number of hydrogen-bond acceptors (Lipinski definition) is 8. The Morgan fingerprint density at radius 3 is 2.95 bits per heavy atom. The van der Waals surface area contributed by atoms with Crippen molar-refractivity contribution in [3.63, 3.8) is 0 Å². The quantitative estimate of drug-likeness (QED) is 0.565. The van der Waals surface area contributed by atoms with Crippen molar-refractivity contribution in [3.8, 4) is 6.07 Å². The topological polar surface area (TPSA) is 144 Å². The van der Waals surface area contributed by atoms with Crippen LogP contribution < -0.4 is 11.4 Å². The minimum absolute atomic E-state index is 0.00874. The predicted octanol–water partition coefficient (Wildman–Crippen LogP) is -2.23. The van der Waals surface area contributed by atoms with Crippen molar-refractivity contribution in [1.29, 1.82) is 5.26 Å². The van der Waals surface area contributed by atoms with Gasteiger partial charge in [0.15, 0.2) is 0 Å². The molecule has 2 rings (SSSR count). The van der Waals surface area contributed by atoms with Gasteiger partial charge in [-0.2, -0.15) is 10.2 Å². The van der Waals surface area contributed by atoms with E-state index < -0.39 is 36.3 Å². The normalized spacial score (nSPS) is 33.0. The highest BCUT2D eigenvalue weighted by atomic mass is 16.6. The van der Waals surface area contributed by atoms with Crippen LogP contribution in [0.3, 0.4) is 0 Å². The summed E-state index contributed by atoms with van der Waals surface area (Å²) in [7, 11) is 1.26. The highest BCUT2D eigenvalue weighted by Gasteiger charge is 2.57. The van der Waals surface area contributed by atoms with E-state index in [1.54, 1.807) is 0 Å². The predicted molar refractivity (Wildman–Crippen MR) is 65.3 cm³/mol. The second kappa shape index (κ2) is 5.18. The van der Waals surface area contributed by atoms with Crippen molar-refractivity contribution in [1.82, 2.24) is 9.55 Å². The zero-order valence-electron chi connectivity index (χ0n) is 10.6. The summed E-state index contributed by atoms with van der Waals surface area (Å²) in [6, 6.07) is 3.13.